The van der Waals surface area contributed by atoms with Crippen molar-refractivity contribution in [2.45, 2.75) is 40.5 Å². The van der Waals surface area contributed by atoms with Crippen molar-refractivity contribution in [3.05, 3.63) is 98.6 Å². The van der Waals surface area contributed by atoms with Gasteiger partial charge in [-0.05, 0) is 97.3 Å². The quantitative estimate of drug-likeness (QED) is 0.587. The van der Waals surface area contributed by atoms with Crippen LogP contribution >= 0.6 is 0 Å². The van der Waals surface area contributed by atoms with Crippen LogP contribution in [0.25, 0.3) is 0 Å². The van der Waals surface area contributed by atoms with E-state index in [1.807, 2.05) is 44.2 Å². The number of hydrogen-bond donors (Lipinski definition) is 1. The molecule has 0 aromatic heterocycles. The van der Waals surface area contributed by atoms with Gasteiger partial charge in [-0.15, -0.1) is 0 Å². The molecule has 3 aromatic rings. The molecule has 0 aliphatic carbocycles. The first-order chi connectivity index (χ1) is 12.8. The van der Waals surface area contributed by atoms with Gasteiger partial charge in [-0.25, -0.2) is 0 Å². The fourth-order valence-electron chi connectivity index (χ4n) is 3.70. The minimum Gasteiger partial charge on any atom is -0.508 e. The number of nitriles is 1. The molecule has 0 spiro atoms. The molecule has 2 heteroatoms. The standard InChI is InChI=1S/C25H25NO/c1-15-10-17(3)22(11-16(15)2)25(21-8-6-20(14-26)7-9-21)23-12-19(5)24(27)13-18(23)4/h6-13,25,27H,1-5H3. The molecule has 0 heterocycles. The predicted molar refractivity (Wildman–Crippen MR) is 110 cm³/mol. The van der Waals surface area contributed by atoms with Gasteiger partial charge < -0.3 is 5.11 Å². The molecule has 0 bridgehead atoms. The van der Waals surface area contributed by atoms with Crippen molar-refractivity contribution in [2.24, 2.45) is 0 Å². The van der Waals surface area contributed by atoms with Crippen molar-refractivity contribution in [2.75, 3.05) is 0 Å². The zero-order valence-electron chi connectivity index (χ0n) is 16.6. The van der Waals surface area contributed by atoms with Crippen molar-refractivity contribution < 1.29 is 5.11 Å². The lowest BCUT2D eigenvalue weighted by atomic mass is 9.79. The molecule has 0 saturated heterocycles. The second kappa shape index (κ2) is 7.29. The average Bonchev–Trinajstić information content (AvgIpc) is 2.64. The van der Waals surface area contributed by atoms with E-state index in [9.17, 15) is 5.11 Å². The highest BCUT2D eigenvalue weighted by molar-refractivity contribution is 5.54. The summed E-state index contributed by atoms with van der Waals surface area (Å²) in [6.45, 7) is 10.4. The Hall–Kier alpha value is -3.05. The predicted octanol–water partition coefficient (Wildman–Crippen LogP) is 5.99. The van der Waals surface area contributed by atoms with Crippen LogP contribution in [0.1, 0.15) is 56.0 Å². The van der Waals surface area contributed by atoms with Crippen LogP contribution in [0.5, 0.6) is 5.75 Å². The maximum absolute atomic E-state index is 10.1. The monoisotopic (exact) mass is 355 g/mol. The first-order valence-electron chi connectivity index (χ1n) is 9.19. The van der Waals surface area contributed by atoms with Gasteiger partial charge in [0.2, 0.25) is 0 Å². The highest BCUT2D eigenvalue weighted by atomic mass is 16.3. The van der Waals surface area contributed by atoms with Gasteiger partial charge in [0.1, 0.15) is 5.75 Å². The van der Waals surface area contributed by atoms with Crippen LogP contribution in [0.4, 0.5) is 0 Å². The van der Waals surface area contributed by atoms with Gasteiger partial charge in [0.25, 0.3) is 0 Å². The summed E-state index contributed by atoms with van der Waals surface area (Å²) in [4.78, 5) is 0. The molecule has 1 atom stereocenters. The normalized spacial score (nSPS) is 11.9. The van der Waals surface area contributed by atoms with Gasteiger partial charge in [0.05, 0.1) is 11.6 Å². The molecule has 0 amide bonds. The molecule has 0 fully saturated rings. The van der Waals surface area contributed by atoms with E-state index in [-0.39, 0.29) is 5.92 Å². The summed E-state index contributed by atoms with van der Waals surface area (Å²) in [5.74, 6) is 0.378. The molecule has 0 aliphatic rings. The summed E-state index contributed by atoms with van der Waals surface area (Å²) in [7, 11) is 0. The fraction of sp³-hybridized carbons (Fsp3) is 0.240. The van der Waals surface area contributed by atoms with Gasteiger partial charge >= 0.3 is 0 Å². The summed E-state index contributed by atoms with van der Waals surface area (Å²) in [5, 5.41) is 19.3. The Morgan fingerprint density at radius 1 is 0.704 bits per heavy atom. The number of benzene rings is 3. The Morgan fingerprint density at radius 2 is 1.22 bits per heavy atom. The Morgan fingerprint density at radius 3 is 1.81 bits per heavy atom. The highest BCUT2D eigenvalue weighted by Gasteiger charge is 2.22. The second-order valence-corrected chi connectivity index (χ2v) is 7.46. The molecule has 2 nitrogen and oxygen atoms in total. The molecule has 0 aliphatic heterocycles. The minimum atomic E-state index is 0.0522. The third-order valence-electron chi connectivity index (χ3n) is 5.46. The Bertz CT molecular complexity index is 982. The van der Waals surface area contributed by atoms with Crippen LogP contribution in [-0.4, -0.2) is 5.11 Å². The van der Waals surface area contributed by atoms with Gasteiger partial charge in [-0.2, -0.15) is 5.26 Å². The summed E-state index contributed by atoms with van der Waals surface area (Å²) in [5.41, 5.74) is 9.98. The molecule has 136 valence electrons. The molecule has 0 saturated carbocycles. The number of aromatic hydroxyl groups is 1. The second-order valence-electron chi connectivity index (χ2n) is 7.46. The number of phenolic OH excluding ortho intramolecular Hbond substituents is 1. The third-order valence-corrected chi connectivity index (χ3v) is 5.46. The smallest absolute Gasteiger partial charge is 0.118 e. The molecule has 1 unspecified atom stereocenters. The summed E-state index contributed by atoms with van der Waals surface area (Å²) in [6, 6.07) is 18.5. The van der Waals surface area contributed by atoms with E-state index in [2.05, 4.69) is 45.0 Å². The molecule has 1 N–H and O–H groups in total. The number of aryl methyl sites for hydroxylation is 5. The van der Waals surface area contributed by atoms with Crippen molar-refractivity contribution >= 4 is 0 Å². The topological polar surface area (TPSA) is 44.0 Å². The molecule has 3 aromatic carbocycles. The summed E-state index contributed by atoms with van der Waals surface area (Å²) >= 11 is 0. The first-order valence-corrected chi connectivity index (χ1v) is 9.19. The maximum atomic E-state index is 10.1. The van der Waals surface area contributed by atoms with Crippen LogP contribution in [0.15, 0.2) is 48.5 Å². The lowest BCUT2D eigenvalue weighted by molar-refractivity contribution is 0.470. The van der Waals surface area contributed by atoms with Crippen LogP contribution < -0.4 is 0 Å². The van der Waals surface area contributed by atoms with E-state index in [1.54, 1.807) is 0 Å². The summed E-state index contributed by atoms with van der Waals surface area (Å²) in [6.07, 6.45) is 0. The van der Waals surface area contributed by atoms with Crippen molar-refractivity contribution in [1.82, 2.24) is 0 Å². The maximum Gasteiger partial charge on any atom is 0.118 e. The van der Waals surface area contributed by atoms with E-state index in [4.69, 9.17) is 5.26 Å². The lowest BCUT2D eigenvalue weighted by Gasteiger charge is -2.24. The largest absolute Gasteiger partial charge is 0.508 e. The van der Waals surface area contributed by atoms with Crippen LogP contribution in [-0.2, 0) is 0 Å². The van der Waals surface area contributed by atoms with Gasteiger partial charge in [0.15, 0.2) is 0 Å². The van der Waals surface area contributed by atoms with Crippen molar-refractivity contribution in [1.29, 1.82) is 5.26 Å². The van der Waals surface area contributed by atoms with Crippen molar-refractivity contribution in [3.8, 4) is 11.8 Å². The van der Waals surface area contributed by atoms with Crippen molar-refractivity contribution in [3.63, 3.8) is 0 Å². The Kier molecular flexibility index (Phi) is 5.06. The molecular formula is C25H25NO. The molecule has 3 rings (SSSR count). The Balaban J connectivity index is 2.29. The number of phenols is 1. The average molecular weight is 355 g/mol. The van der Waals surface area contributed by atoms with Gasteiger partial charge in [-0.1, -0.05) is 30.3 Å². The van der Waals surface area contributed by atoms with E-state index in [1.165, 1.54) is 27.8 Å². The van der Waals surface area contributed by atoms with E-state index >= 15 is 0 Å². The van der Waals surface area contributed by atoms with Crippen LogP contribution in [0, 0.1) is 45.9 Å². The van der Waals surface area contributed by atoms with Gasteiger partial charge in [0, 0.05) is 5.92 Å². The van der Waals surface area contributed by atoms with Crippen LogP contribution in [0.2, 0.25) is 0 Å². The van der Waals surface area contributed by atoms with E-state index < -0.39 is 0 Å². The van der Waals surface area contributed by atoms with E-state index in [0.29, 0.717) is 11.3 Å². The Labute approximate surface area is 161 Å². The SMILES string of the molecule is Cc1cc(C)c(C(c2ccc(C#N)cc2)c2cc(C)c(O)cc2C)cc1C. The number of rotatable bonds is 3. The lowest BCUT2D eigenvalue weighted by Crippen LogP contribution is -2.08. The first kappa shape index (κ1) is 18.7. The molecule has 0 radical (unpaired) electrons. The summed E-state index contributed by atoms with van der Waals surface area (Å²) < 4.78 is 0. The highest BCUT2D eigenvalue weighted by Crippen LogP contribution is 2.38. The number of nitrogens with zero attached hydrogens (tertiary/aromatic N) is 1. The molecule has 27 heavy (non-hydrogen) atoms. The van der Waals surface area contributed by atoms with Gasteiger partial charge in [-0.3, -0.25) is 0 Å². The zero-order chi connectivity index (χ0) is 19.7. The van der Waals surface area contributed by atoms with E-state index in [0.717, 1.165) is 16.7 Å². The minimum absolute atomic E-state index is 0.0522. The van der Waals surface area contributed by atoms with Crippen LogP contribution in [0.3, 0.4) is 0 Å². The number of hydrogen-bond acceptors (Lipinski definition) is 2. The zero-order valence-corrected chi connectivity index (χ0v) is 16.6. The molecular weight excluding hydrogens is 330 g/mol. The fourth-order valence-corrected chi connectivity index (χ4v) is 3.70. The third kappa shape index (κ3) is 3.59.